The van der Waals surface area contributed by atoms with E-state index in [9.17, 15) is 4.79 Å². The molecule has 2 N–H and O–H groups in total. The molecule has 0 saturated carbocycles. The van der Waals surface area contributed by atoms with Gasteiger partial charge in [-0.3, -0.25) is 4.79 Å². The van der Waals surface area contributed by atoms with Crippen molar-refractivity contribution >= 4 is 45.1 Å². The van der Waals surface area contributed by atoms with E-state index in [1.165, 1.54) is 23.1 Å². The predicted octanol–water partition coefficient (Wildman–Crippen LogP) is 6.20. The summed E-state index contributed by atoms with van der Waals surface area (Å²) in [6.07, 6.45) is 0.938. The molecule has 4 rings (SSSR count). The Hall–Kier alpha value is -3.03. The Bertz CT molecular complexity index is 1130. The third kappa shape index (κ3) is 4.52. The van der Waals surface area contributed by atoms with Crippen LogP contribution in [0.1, 0.15) is 18.7 Å². The summed E-state index contributed by atoms with van der Waals surface area (Å²) in [5, 5.41) is 9.83. The third-order valence-electron chi connectivity index (χ3n) is 4.22. The van der Waals surface area contributed by atoms with Crippen LogP contribution in [-0.4, -0.2) is 15.9 Å². The first-order chi connectivity index (χ1) is 14.1. The fourth-order valence-electron chi connectivity index (χ4n) is 2.95. The highest BCUT2D eigenvalue weighted by Crippen LogP contribution is 2.36. The summed E-state index contributed by atoms with van der Waals surface area (Å²) in [6, 6.07) is 17.8. The lowest BCUT2D eigenvalue weighted by molar-refractivity contribution is -0.114. The van der Waals surface area contributed by atoms with Crippen LogP contribution in [0.2, 0.25) is 0 Å². The molecular weight excluding hydrogens is 400 g/mol. The minimum Gasteiger partial charge on any atom is -0.331 e. The maximum absolute atomic E-state index is 11.3. The summed E-state index contributed by atoms with van der Waals surface area (Å²) >= 11 is 3.23. The third-order valence-corrected chi connectivity index (χ3v) is 6.20. The van der Waals surface area contributed by atoms with Crippen LogP contribution in [0.4, 0.5) is 16.5 Å². The van der Waals surface area contributed by atoms with E-state index in [1.807, 2.05) is 47.8 Å². The molecule has 4 aromatic rings. The van der Waals surface area contributed by atoms with Gasteiger partial charge < -0.3 is 10.6 Å². The van der Waals surface area contributed by atoms with E-state index in [0.717, 1.165) is 44.9 Å². The summed E-state index contributed by atoms with van der Waals surface area (Å²) in [7, 11) is 0. The van der Waals surface area contributed by atoms with Crippen LogP contribution in [0.5, 0.6) is 0 Å². The number of hydrogen-bond acceptors (Lipinski definition) is 6. The number of carbonyl (C=O) groups excluding carboxylic acids is 1. The lowest BCUT2D eigenvalue weighted by atomic mass is 10.1. The van der Waals surface area contributed by atoms with Gasteiger partial charge in [0, 0.05) is 34.1 Å². The Morgan fingerprint density at radius 1 is 1.03 bits per heavy atom. The van der Waals surface area contributed by atoms with Gasteiger partial charge in [-0.1, -0.05) is 43.3 Å². The molecule has 0 radical (unpaired) electrons. The molecule has 0 spiro atoms. The van der Waals surface area contributed by atoms with E-state index < -0.39 is 0 Å². The Morgan fingerprint density at radius 3 is 2.59 bits per heavy atom. The van der Waals surface area contributed by atoms with E-state index in [2.05, 4.69) is 29.7 Å². The van der Waals surface area contributed by atoms with Gasteiger partial charge in [0.2, 0.25) is 5.91 Å². The molecule has 2 aromatic heterocycles. The molecule has 0 bridgehead atoms. The molecule has 0 aliphatic heterocycles. The second-order valence-electron chi connectivity index (χ2n) is 6.44. The van der Waals surface area contributed by atoms with Crippen molar-refractivity contribution in [1.82, 2.24) is 9.97 Å². The van der Waals surface area contributed by atoms with Crippen LogP contribution in [0.25, 0.3) is 22.0 Å². The number of anilines is 3. The van der Waals surface area contributed by atoms with Crippen LogP contribution >= 0.6 is 22.7 Å². The van der Waals surface area contributed by atoms with E-state index >= 15 is 0 Å². The number of carbonyl (C=O) groups is 1. The van der Waals surface area contributed by atoms with E-state index in [-0.39, 0.29) is 5.91 Å². The smallest absolute Gasteiger partial charge is 0.221 e. The van der Waals surface area contributed by atoms with E-state index in [1.54, 1.807) is 11.3 Å². The highest BCUT2D eigenvalue weighted by atomic mass is 32.1. The molecule has 0 aliphatic rings. The van der Waals surface area contributed by atoms with Gasteiger partial charge in [-0.2, -0.15) is 0 Å². The van der Waals surface area contributed by atoms with Crippen molar-refractivity contribution in [3.63, 3.8) is 0 Å². The Balaban J connectivity index is 1.57. The van der Waals surface area contributed by atoms with Crippen molar-refractivity contribution < 1.29 is 4.79 Å². The van der Waals surface area contributed by atoms with Crippen molar-refractivity contribution in [2.24, 2.45) is 0 Å². The standard InChI is InChI=1S/C22H20N4OS2/c1-3-19-20(15-8-5-4-6-9-15)26-21(29-19)18-13-28-22(25-18)24-17-11-7-10-16(12-17)23-14(2)27/h4-13H,3H2,1-2H3,(H,23,27)(H,24,25). The SMILES string of the molecule is CCc1sc(-c2csc(Nc3cccc(NC(C)=O)c3)n2)nc1-c1ccccc1. The fourth-order valence-corrected chi connectivity index (χ4v) is 4.73. The summed E-state index contributed by atoms with van der Waals surface area (Å²) in [6.45, 7) is 3.65. The molecule has 29 heavy (non-hydrogen) atoms. The lowest BCUT2D eigenvalue weighted by Gasteiger charge is -2.06. The molecule has 7 heteroatoms. The first-order valence-electron chi connectivity index (χ1n) is 9.28. The number of aromatic nitrogens is 2. The van der Waals surface area contributed by atoms with Crippen LogP contribution in [0.3, 0.4) is 0 Å². The van der Waals surface area contributed by atoms with Gasteiger partial charge in [0.1, 0.15) is 10.7 Å². The molecule has 5 nitrogen and oxygen atoms in total. The van der Waals surface area contributed by atoms with Crippen molar-refractivity contribution in [1.29, 1.82) is 0 Å². The fraction of sp³-hybridized carbons (Fsp3) is 0.136. The minimum absolute atomic E-state index is 0.0941. The van der Waals surface area contributed by atoms with Gasteiger partial charge in [-0.15, -0.1) is 22.7 Å². The van der Waals surface area contributed by atoms with Crippen LogP contribution < -0.4 is 10.6 Å². The number of nitrogens with one attached hydrogen (secondary N) is 2. The molecule has 0 aliphatic carbocycles. The molecule has 0 fully saturated rings. The number of hydrogen-bond donors (Lipinski definition) is 2. The first kappa shape index (κ1) is 19.3. The molecular formula is C22H20N4OS2. The summed E-state index contributed by atoms with van der Waals surface area (Å²) in [5.41, 5.74) is 4.67. The Morgan fingerprint density at radius 2 is 1.83 bits per heavy atom. The largest absolute Gasteiger partial charge is 0.331 e. The Kier molecular flexibility index (Phi) is 5.69. The van der Waals surface area contributed by atoms with E-state index in [4.69, 9.17) is 9.97 Å². The van der Waals surface area contributed by atoms with Crippen LogP contribution in [0, 0.1) is 0 Å². The molecule has 0 unspecified atom stereocenters. The van der Waals surface area contributed by atoms with Gasteiger partial charge in [-0.05, 0) is 24.6 Å². The molecule has 1 amide bonds. The first-order valence-corrected chi connectivity index (χ1v) is 11.0. The van der Waals surface area contributed by atoms with E-state index in [0.29, 0.717) is 0 Å². The Labute approximate surface area is 177 Å². The lowest BCUT2D eigenvalue weighted by Crippen LogP contribution is -2.05. The monoisotopic (exact) mass is 420 g/mol. The van der Waals surface area contributed by atoms with Crippen molar-refractivity contribution in [2.75, 3.05) is 10.6 Å². The highest BCUT2D eigenvalue weighted by molar-refractivity contribution is 7.17. The molecule has 2 heterocycles. The number of rotatable bonds is 6. The predicted molar refractivity (Wildman–Crippen MR) is 122 cm³/mol. The van der Waals surface area contributed by atoms with Crippen molar-refractivity contribution in [3.05, 3.63) is 64.9 Å². The molecule has 146 valence electrons. The van der Waals surface area contributed by atoms with Crippen molar-refractivity contribution in [2.45, 2.75) is 20.3 Å². The summed E-state index contributed by atoms with van der Waals surface area (Å²) in [5.74, 6) is -0.0941. The highest BCUT2D eigenvalue weighted by Gasteiger charge is 2.15. The summed E-state index contributed by atoms with van der Waals surface area (Å²) < 4.78 is 0. The number of thiazole rings is 2. The number of aryl methyl sites for hydroxylation is 1. The average molecular weight is 421 g/mol. The average Bonchev–Trinajstić information content (AvgIpc) is 3.35. The number of amides is 1. The number of nitrogens with zero attached hydrogens (tertiary/aromatic N) is 2. The van der Waals surface area contributed by atoms with Crippen LogP contribution in [0.15, 0.2) is 60.0 Å². The molecule has 0 atom stereocenters. The maximum atomic E-state index is 11.3. The maximum Gasteiger partial charge on any atom is 0.221 e. The van der Waals surface area contributed by atoms with Gasteiger partial charge in [0.15, 0.2) is 5.13 Å². The van der Waals surface area contributed by atoms with Gasteiger partial charge in [0.25, 0.3) is 0 Å². The van der Waals surface area contributed by atoms with Crippen molar-refractivity contribution in [3.8, 4) is 22.0 Å². The minimum atomic E-state index is -0.0941. The zero-order valence-corrected chi connectivity index (χ0v) is 17.7. The van der Waals surface area contributed by atoms with Crippen LogP contribution in [-0.2, 0) is 11.2 Å². The number of benzene rings is 2. The quantitative estimate of drug-likeness (QED) is 0.390. The van der Waals surface area contributed by atoms with Gasteiger partial charge >= 0.3 is 0 Å². The molecule has 0 saturated heterocycles. The van der Waals surface area contributed by atoms with Gasteiger partial charge in [-0.25, -0.2) is 9.97 Å². The van der Waals surface area contributed by atoms with Gasteiger partial charge in [0.05, 0.1) is 5.69 Å². The summed E-state index contributed by atoms with van der Waals surface area (Å²) in [4.78, 5) is 22.1. The normalized spacial score (nSPS) is 10.7. The second-order valence-corrected chi connectivity index (χ2v) is 8.38. The zero-order chi connectivity index (χ0) is 20.2. The zero-order valence-electron chi connectivity index (χ0n) is 16.1. The topological polar surface area (TPSA) is 66.9 Å². The second kappa shape index (κ2) is 8.55. The molecule has 2 aromatic carbocycles.